The molecule has 1 fully saturated rings. The number of esters is 1. The molecule has 3 aromatic rings. The van der Waals surface area contributed by atoms with E-state index in [1.54, 1.807) is 29.7 Å². The molecule has 0 saturated carbocycles. The number of thiophene rings is 1. The van der Waals surface area contributed by atoms with Crippen molar-refractivity contribution in [2.75, 3.05) is 26.3 Å². The van der Waals surface area contributed by atoms with Crippen molar-refractivity contribution in [1.82, 2.24) is 5.01 Å². The van der Waals surface area contributed by atoms with Gasteiger partial charge in [-0.1, -0.05) is 30.3 Å². The number of fused-ring (bicyclic) bond motifs is 1. The van der Waals surface area contributed by atoms with Crippen LogP contribution in [0.4, 0.5) is 0 Å². The standard InChI is InChI=1S/C20H18N2O3S/c23-20(15-6-2-1-3-7-15)25-19-16-8-4-5-9-17(16)26-18(19)14-21-22-10-12-24-13-11-22/h1-9,14H,10-13H2. The van der Waals surface area contributed by atoms with Crippen molar-refractivity contribution < 1.29 is 14.3 Å². The Labute approximate surface area is 155 Å². The summed E-state index contributed by atoms with van der Waals surface area (Å²) in [5.74, 6) is 0.201. The van der Waals surface area contributed by atoms with Crippen molar-refractivity contribution in [2.45, 2.75) is 0 Å². The van der Waals surface area contributed by atoms with Gasteiger partial charge in [0.05, 0.1) is 43.0 Å². The third kappa shape index (κ3) is 3.61. The minimum atomic E-state index is -0.366. The molecule has 0 aliphatic carbocycles. The number of rotatable bonds is 4. The van der Waals surface area contributed by atoms with E-state index in [1.807, 2.05) is 47.5 Å². The molecule has 26 heavy (non-hydrogen) atoms. The number of carbonyl (C=O) groups excluding carboxylic acids is 1. The molecule has 132 valence electrons. The van der Waals surface area contributed by atoms with Gasteiger partial charge in [0.25, 0.3) is 0 Å². The molecular formula is C20H18N2O3S. The Morgan fingerprint density at radius 1 is 1.08 bits per heavy atom. The molecule has 0 spiro atoms. The summed E-state index contributed by atoms with van der Waals surface area (Å²) < 4.78 is 12.2. The third-order valence-electron chi connectivity index (χ3n) is 4.11. The van der Waals surface area contributed by atoms with E-state index in [2.05, 4.69) is 5.10 Å². The zero-order chi connectivity index (χ0) is 17.8. The smallest absolute Gasteiger partial charge is 0.343 e. The number of nitrogens with zero attached hydrogens (tertiary/aromatic N) is 2. The maximum atomic E-state index is 12.5. The molecule has 1 aliphatic rings. The molecule has 1 aromatic heterocycles. The summed E-state index contributed by atoms with van der Waals surface area (Å²) in [6.45, 7) is 2.89. The monoisotopic (exact) mass is 366 g/mol. The maximum absolute atomic E-state index is 12.5. The number of hydrogen-bond acceptors (Lipinski definition) is 6. The summed E-state index contributed by atoms with van der Waals surface area (Å²) in [5.41, 5.74) is 0.527. The van der Waals surface area contributed by atoms with Crippen LogP contribution in [-0.4, -0.2) is 43.5 Å². The molecule has 0 radical (unpaired) electrons. The number of carbonyl (C=O) groups is 1. The summed E-state index contributed by atoms with van der Waals surface area (Å²) in [6, 6.07) is 16.9. The summed E-state index contributed by atoms with van der Waals surface area (Å²) in [7, 11) is 0. The second-order valence-electron chi connectivity index (χ2n) is 5.86. The Balaban J connectivity index is 1.65. The summed E-state index contributed by atoms with van der Waals surface area (Å²) in [5, 5.41) is 7.43. The van der Waals surface area contributed by atoms with Crippen LogP contribution in [0.2, 0.25) is 0 Å². The Morgan fingerprint density at radius 2 is 1.81 bits per heavy atom. The van der Waals surface area contributed by atoms with Crippen LogP contribution >= 0.6 is 11.3 Å². The van der Waals surface area contributed by atoms with Crippen LogP contribution in [0.5, 0.6) is 5.75 Å². The van der Waals surface area contributed by atoms with Crippen LogP contribution in [0.15, 0.2) is 59.7 Å². The predicted octanol–water partition coefficient (Wildman–Crippen LogP) is 3.79. The van der Waals surface area contributed by atoms with Crippen molar-refractivity contribution in [3.8, 4) is 5.75 Å². The molecule has 4 rings (SSSR count). The Bertz CT molecular complexity index is 931. The van der Waals surface area contributed by atoms with Crippen LogP contribution in [0.1, 0.15) is 15.2 Å². The van der Waals surface area contributed by atoms with E-state index in [1.165, 1.54) is 0 Å². The van der Waals surface area contributed by atoms with Crippen LogP contribution in [0.25, 0.3) is 10.1 Å². The topological polar surface area (TPSA) is 51.1 Å². The van der Waals surface area contributed by atoms with Crippen LogP contribution in [-0.2, 0) is 4.74 Å². The largest absolute Gasteiger partial charge is 0.421 e. The van der Waals surface area contributed by atoms with Crippen LogP contribution in [0.3, 0.4) is 0 Å². The zero-order valence-electron chi connectivity index (χ0n) is 14.1. The molecule has 0 unspecified atom stereocenters. The van der Waals surface area contributed by atoms with Crippen LogP contribution < -0.4 is 4.74 Å². The van der Waals surface area contributed by atoms with Crippen molar-refractivity contribution in [2.24, 2.45) is 5.10 Å². The van der Waals surface area contributed by atoms with Gasteiger partial charge in [0.1, 0.15) is 0 Å². The molecule has 5 nitrogen and oxygen atoms in total. The van der Waals surface area contributed by atoms with E-state index in [0.29, 0.717) is 24.5 Å². The highest BCUT2D eigenvalue weighted by Gasteiger charge is 2.17. The van der Waals surface area contributed by atoms with Crippen LogP contribution in [0, 0.1) is 0 Å². The van der Waals surface area contributed by atoms with Gasteiger partial charge in [-0.25, -0.2) is 4.79 Å². The third-order valence-corrected chi connectivity index (χ3v) is 5.19. The Kier molecular flexibility index (Phi) is 4.95. The second kappa shape index (κ2) is 7.68. The van der Waals surface area contributed by atoms with Crippen molar-refractivity contribution in [3.63, 3.8) is 0 Å². The summed E-state index contributed by atoms with van der Waals surface area (Å²) >= 11 is 1.57. The predicted molar refractivity (Wildman–Crippen MR) is 103 cm³/mol. The number of hydrazone groups is 1. The molecule has 0 bridgehead atoms. The highest BCUT2D eigenvalue weighted by Crippen LogP contribution is 2.37. The minimum Gasteiger partial charge on any atom is -0.421 e. The lowest BCUT2D eigenvalue weighted by Crippen LogP contribution is -2.32. The highest BCUT2D eigenvalue weighted by atomic mass is 32.1. The van der Waals surface area contributed by atoms with E-state index in [4.69, 9.17) is 9.47 Å². The highest BCUT2D eigenvalue weighted by molar-refractivity contribution is 7.21. The number of hydrogen-bond donors (Lipinski definition) is 0. The summed E-state index contributed by atoms with van der Waals surface area (Å²) in [6.07, 6.45) is 1.78. The van der Waals surface area contributed by atoms with Crippen molar-refractivity contribution in [3.05, 3.63) is 65.0 Å². The Hall–Kier alpha value is -2.70. The quantitative estimate of drug-likeness (QED) is 0.521. The SMILES string of the molecule is O=C(Oc1c(C=NN2CCOCC2)sc2ccccc12)c1ccccc1. The fourth-order valence-electron chi connectivity index (χ4n) is 2.76. The minimum absolute atomic E-state index is 0.366. The molecule has 1 saturated heterocycles. The van der Waals surface area contributed by atoms with E-state index >= 15 is 0 Å². The zero-order valence-corrected chi connectivity index (χ0v) is 14.9. The first-order valence-electron chi connectivity index (χ1n) is 8.47. The number of ether oxygens (including phenoxy) is 2. The van der Waals surface area contributed by atoms with Gasteiger partial charge in [-0.2, -0.15) is 5.10 Å². The molecule has 2 aromatic carbocycles. The first-order valence-corrected chi connectivity index (χ1v) is 9.28. The average molecular weight is 366 g/mol. The first kappa shape index (κ1) is 16.8. The molecule has 6 heteroatoms. The second-order valence-corrected chi connectivity index (χ2v) is 6.94. The van der Waals surface area contributed by atoms with Gasteiger partial charge in [-0.05, 0) is 24.3 Å². The van der Waals surface area contributed by atoms with Gasteiger partial charge < -0.3 is 9.47 Å². The average Bonchev–Trinajstić information content (AvgIpc) is 3.05. The van der Waals surface area contributed by atoms with E-state index in [9.17, 15) is 4.79 Å². The van der Waals surface area contributed by atoms with Gasteiger partial charge in [-0.3, -0.25) is 5.01 Å². The molecule has 0 amide bonds. The fourth-order valence-corrected chi connectivity index (χ4v) is 3.76. The first-order chi connectivity index (χ1) is 12.8. The summed E-state index contributed by atoms with van der Waals surface area (Å²) in [4.78, 5) is 13.4. The fraction of sp³-hybridized carbons (Fsp3) is 0.200. The molecule has 0 atom stereocenters. The van der Waals surface area contributed by atoms with Crippen molar-refractivity contribution >= 4 is 33.6 Å². The van der Waals surface area contributed by atoms with Gasteiger partial charge in [0.2, 0.25) is 0 Å². The van der Waals surface area contributed by atoms with E-state index < -0.39 is 0 Å². The lowest BCUT2D eigenvalue weighted by molar-refractivity contribution is 0.0397. The van der Waals surface area contributed by atoms with Gasteiger partial charge in [0, 0.05) is 10.1 Å². The normalized spacial score (nSPS) is 14.8. The molecule has 2 heterocycles. The van der Waals surface area contributed by atoms with E-state index in [-0.39, 0.29) is 5.97 Å². The van der Waals surface area contributed by atoms with Gasteiger partial charge in [0.15, 0.2) is 5.75 Å². The number of morpholine rings is 1. The van der Waals surface area contributed by atoms with E-state index in [0.717, 1.165) is 28.1 Å². The molecular weight excluding hydrogens is 348 g/mol. The van der Waals surface area contributed by atoms with Gasteiger partial charge >= 0.3 is 5.97 Å². The van der Waals surface area contributed by atoms with Crippen molar-refractivity contribution in [1.29, 1.82) is 0 Å². The lowest BCUT2D eigenvalue weighted by Gasteiger charge is -2.23. The maximum Gasteiger partial charge on any atom is 0.343 e. The lowest BCUT2D eigenvalue weighted by atomic mass is 10.2. The van der Waals surface area contributed by atoms with Gasteiger partial charge in [-0.15, -0.1) is 11.3 Å². The Morgan fingerprint density at radius 3 is 2.62 bits per heavy atom. The molecule has 1 aliphatic heterocycles. The molecule has 0 N–H and O–H groups in total. The number of benzene rings is 2.